The minimum absolute atomic E-state index is 0.0232. The van der Waals surface area contributed by atoms with Crippen molar-refractivity contribution in [3.8, 4) is 0 Å². The molecular weight excluding hydrogens is 388 g/mol. The molecule has 5 fully saturated rings. The Bertz CT molecular complexity index is 739. The summed E-state index contributed by atoms with van der Waals surface area (Å²) in [6, 6.07) is 0. The third-order valence-corrected chi connectivity index (χ3v) is 13.9. The summed E-state index contributed by atoms with van der Waals surface area (Å²) in [5, 5.41) is 11.5. The zero-order chi connectivity index (χ0) is 23.3. The fourth-order valence-electron chi connectivity index (χ4n) is 11.4. The predicted molar refractivity (Wildman–Crippen MR) is 135 cm³/mol. The fraction of sp³-hybridized carbons (Fsp3) is 1.00. The van der Waals surface area contributed by atoms with Crippen molar-refractivity contribution >= 4 is 0 Å². The highest BCUT2D eigenvalue weighted by molar-refractivity contribution is 5.32. The van der Waals surface area contributed by atoms with Gasteiger partial charge in [0.1, 0.15) is 0 Å². The van der Waals surface area contributed by atoms with Crippen LogP contribution >= 0.6 is 0 Å². The highest BCUT2D eigenvalue weighted by Gasteiger charge is 2.83. The summed E-state index contributed by atoms with van der Waals surface area (Å²) < 4.78 is 0. The molecule has 5 aliphatic carbocycles. The van der Waals surface area contributed by atoms with E-state index in [1.165, 1.54) is 64.2 Å². The quantitative estimate of drug-likeness (QED) is 0.452. The Balaban J connectivity index is 1.40. The number of hydrogen-bond acceptors (Lipinski definition) is 1. The van der Waals surface area contributed by atoms with E-state index in [0.717, 1.165) is 41.9 Å². The molecule has 0 radical (unpaired) electrons. The van der Waals surface area contributed by atoms with Crippen molar-refractivity contribution in [1.82, 2.24) is 0 Å². The Kier molecular flexibility index (Phi) is 5.36. The van der Waals surface area contributed by atoms with Gasteiger partial charge < -0.3 is 5.11 Å². The van der Waals surface area contributed by atoms with Gasteiger partial charge in [-0.2, -0.15) is 0 Å². The smallest absolute Gasteiger partial charge is 0.0605 e. The van der Waals surface area contributed by atoms with Crippen LogP contribution in [-0.2, 0) is 0 Å². The number of aliphatic hydroxyl groups excluding tert-OH is 1. The summed E-state index contributed by atoms with van der Waals surface area (Å²) in [6.45, 7) is 20.4. The van der Waals surface area contributed by atoms with Crippen LogP contribution in [-0.4, -0.2) is 11.2 Å². The van der Waals surface area contributed by atoms with Crippen molar-refractivity contribution in [2.24, 2.45) is 62.6 Å². The van der Waals surface area contributed by atoms with E-state index in [2.05, 4.69) is 55.4 Å². The molecule has 0 amide bonds. The minimum Gasteiger partial charge on any atom is -0.393 e. The third kappa shape index (κ3) is 2.79. The maximum absolute atomic E-state index is 11.5. The van der Waals surface area contributed by atoms with E-state index in [1.807, 2.05) is 0 Å². The van der Waals surface area contributed by atoms with Gasteiger partial charge in [0.05, 0.1) is 6.10 Å². The molecule has 2 unspecified atom stereocenters. The van der Waals surface area contributed by atoms with Crippen LogP contribution in [0.2, 0.25) is 0 Å². The highest BCUT2D eigenvalue weighted by atomic mass is 16.3. The first-order valence-corrected chi connectivity index (χ1v) is 14.5. The Morgan fingerprint density at radius 1 is 0.750 bits per heavy atom. The Morgan fingerprint density at radius 2 is 1.44 bits per heavy atom. The van der Waals surface area contributed by atoms with Crippen LogP contribution in [0.25, 0.3) is 0 Å². The number of hydrogen-bond donors (Lipinski definition) is 1. The molecule has 1 heteroatoms. The maximum Gasteiger partial charge on any atom is 0.0605 e. The topological polar surface area (TPSA) is 20.2 Å². The van der Waals surface area contributed by atoms with Gasteiger partial charge in [-0.05, 0) is 115 Å². The monoisotopic (exact) mass is 442 g/mol. The largest absolute Gasteiger partial charge is 0.393 e. The van der Waals surface area contributed by atoms with Crippen molar-refractivity contribution in [2.45, 2.75) is 132 Å². The number of rotatable bonds is 5. The van der Waals surface area contributed by atoms with E-state index in [9.17, 15) is 5.11 Å². The van der Waals surface area contributed by atoms with Gasteiger partial charge in [-0.1, -0.05) is 68.2 Å². The second-order valence-corrected chi connectivity index (χ2v) is 15.4. The average Bonchev–Trinajstić information content (AvgIpc) is 3.34. The second kappa shape index (κ2) is 7.24. The number of aliphatic hydroxyl groups is 1. The molecule has 0 bridgehead atoms. The standard InChI is InChI=1S/C31H54O/c1-20(2)21(3)9-10-22(4)23-13-16-29(8)25-12-11-24-27(5,6)15-14-26(32)31(24)19-30(25,31)18-17-28(23,29)7/h20-26,32H,9-19H2,1-8H3/t21?,22-,23-,24+,25+,26?,28-,29+,30+,31-/m1/s1. The van der Waals surface area contributed by atoms with E-state index >= 15 is 0 Å². The molecule has 0 aromatic rings. The highest BCUT2D eigenvalue weighted by Crippen LogP contribution is 2.89. The first kappa shape index (κ1) is 23.7. The molecule has 5 rings (SSSR count). The molecule has 0 aromatic carbocycles. The lowest BCUT2D eigenvalue weighted by molar-refractivity contribution is -0.169. The van der Waals surface area contributed by atoms with Gasteiger partial charge in [-0.15, -0.1) is 0 Å². The summed E-state index contributed by atoms with van der Waals surface area (Å²) in [5.41, 5.74) is 2.18. The second-order valence-electron chi connectivity index (χ2n) is 15.4. The summed E-state index contributed by atoms with van der Waals surface area (Å²) in [7, 11) is 0. The van der Waals surface area contributed by atoms with Gasteiger partial charge in [0, 0.05) is 5.41 Å². The molecule has 184 valence electrons. The SMILES string of the molecule is CC(C)C(C)CC[C@@H](C)[C@H]1CC[C@@]2(C)[C@@H]3CC[C@H]4C(C)(C)CCC(O)[C@@]45C[C@@]35CC[C@]12C. The number of fused-ring (bicyclic) bond motifs is 2. The lowest BCUT2D eigenvalue weighted by Crippen LogP contribution is -2.58. The van der Waals surface area contributed by atoms with E-state index in [-0.39, 0.29) is 11.5 Å². The summed E-state index contributed by atoms with van der Waals surface area (Å²) in [5.74, 6) is 5.06. The third-order valence-electron chi connectivity index (χ3n) is 13.9. The van der Waals surface area contributed by atoms with Crippen LogP contribution in [0.15, 0.2) is 0 Å². The van der Waals surface area contributed by atoms with E-state index in [1.54, 1.807) is 0 Å². The van der Waals surface area contributed by atoms with Gasteiger partial charge in [0.2, 0.25) is 0 Å². The molecule has 0 saturated heterocycles. The molecule has 32 heavy (non-hydrogen) atoms. The van der Waals surface area contributed by atoms with E-state index in [4.69, 9.17) is 0 Å². The average molecular weight is 443 g/mol. The van der Waals surface area contributed by atoms with Crippen LogP contribution in [0.3, 0.4) is 0 Å². The van der Waals surface area contributed by atoms with Crippen molar-refractivity contribution in [3.05, 3.63) is 0 Å². The van der Waals surface area contributed by atoms with Crippen LogP contribution in [0.1, 0.15) is 126 Å². The van der Waals surface area contributed by atoms with Gasteiger partial charge in [0.25, 0.3) is 0 Å². The summed E-state index contributed by atoms with van der Waals surface area (Å²) in [6.07, 6.45) is 15.0. The zero-order valence-corrected chi connectivity index (χ0v) is 22.8. The molecule has 0 heterocycles. The Labute approximate surface area is 199 Å². The van der Waals surface area contributed by atoms with Crippen molar-refractivity contribution < 1.29 is 5.11 Å². The summed E-state index contributed by atoms with van der Waals surface area (Å²) >= 11 is 0. The van der Waals surface area contributed by atoms with Gasteiger partial charge in [0.15, 0.2) is 0 Å². The van der Waals surface area contributed by atoms with Gasteiger partial charge in [-0.25, -0.2) is 0 Å². The van der Waals surface area contributed by atoms with Crippen LogP contribution in [0, 0.1) is 62.6 Å². The van der Waals surface area contributed by atoms with Gasteiger partial charge >= 0.3 is 0 Å². The first-order valence-electron chi connectivity index (χ1n) is 14.5. The molecular formula is C31H54O. The van der Waals surface area contributed by atoms with E-state index < -0.39 is 0 Å². The maximum atomic E-state index is 11.5. The fourth-order valence-corrected chi connectivity index (χ4v) is 11.4. The Morgan fingerprint density at radius 3 is 2.12 bits per heavy atom. The molecule has 5 aliphatic rings. The Hall–Kier alpha value is -0.0400. The van der Waals surface area contributed by atoms with Gasteiger partial charge in [-0.3, -0.25) is 0 Å². The zero-order valence-electron chi connectivity index (χ0n) is 22.8. The molecule has 0 aromatic heterocycles. The van der Waals surface area contributed by atoms with Crippen LogP contribution in [0.5, 0.6) is 0 Å². The molecule has 5 saturated carbocycles. The minimum atomic E-state index is -0.0232. The molecule has 0 aliphatic heterocycles. The molecule has 2 spiro atoms. The lowest BCUT2D eigenvalue weighted by atomic mass is 9.41. The van der Waals surface area contributed by atoms with Crippen molar-refractivity contribution in [2.75, 3.05) is 0 Å². The van der Waals surface area contributed by atoms with Crippen molar-refractivity contribution in [1.29, 1.82) is 0 Å². The normalized spacial score (nSPS) is 53.1. The van der Waals surface area contributed by atoms with E-state index in [0.29, 0.717) is 21.7 Å². The van der Waals surface area contributed by atoms with Crippen molar-refractivity contribution in [3.63, 3.8) is 0 Å². The lowest BCUT2D eigenvalue weighted by Gasteiger charge is -2.63. The molecule has 1 N–H and O–H groups in total. The van der Waals surface area contributed by atoms with Crippen LogP contribution in [0.4, 0.5) is 0 Å². The summed E-state index contributed by atoms with van der Waals surface area (Å²) in [4.78, 5) is 0. The van der Waals surface area contributed by atoms with Crippen LogP contribution < -0.4 is 0 Å². The molecule has 10 atom stereocenters. The first-order chi connectivity index (χ1) is 14.9. The molecule has 1 nitrogen and oxygen atoms in total. The predicted octanol–water partition coefficient (Wildman–Crippen LogP) is 8.49.